The molecule has 2 aromatic rings. The van der Waals surface area contributed by atoms with E-state index in [2.05, 4.69) is 21.7 Å². The number of thiophene rings is 1. The lowest BCUT2D eigenvalue weighted by Crippen LogP contribution is -2.50. The van der Waals surface area contributed by atoms with Gasteiger partial charge in [-0.25, -0.2) is 10.9 Å². The van der Waals surface area contributed by atoms with Gasteiger partial charge in [-0.3, -0.25) is 25.2 Å². The molecule has 0 radical (unpaired) electrons. The molecule has 2 amide bonds. The summed E-state index contributed by atoms with van der Waals surface area (Å²) in [4.78, 5) is 36.5. The Labute approximate surface area is 165 Å². The molecule has 3 rings (SSSR count). The standard InChI is InChI=1S/C18H19ClN4O3S/c19-16-8-7-15(27-16)14(24)6-9-17(25)22-23-18(26)13-10-12(20-21-13)11-4-2-1-3-5-11/h1-5,7-8,12-13,20-21H,6,9-10H2,(H,22,25)(H,23,26). The molecular weight excluding hydrogens is 388 g/mol. The van der Waals surface area contributed by atoms with Gasteiger partial charge in [0.15, 0.2) is 5.78 Å². The molecule has 4 N–H and O–H groups in total. The van der Waals surface area contributed by atoms with E-state index in [-0.39, 0.29) is 30.6 Å². The minimum Gasteiger partial charge on any atom is -0.293 e. The van der Waals surface area contributed by atoms with Gasteiger partial charge in [-0.2, -0.15) is 0 Å². The van der Waals surface area contributed by atoms with Crippen molar-refractivity contribution in [2.45, 2.75) is 31.3 Å². The summed E-state index contributed by atoms with van der Waals surface area (Å²) >= 11 is 6.97. The number of carbonyl (C=O) groups excluding carboxylic acids is 3. The summed E-state index contributed by atoms with van der Waals surface area (Å²) in [6, 6.07) is 12.6. The van der Waals surface area contributed by atoms with Gasteiger partial charge in [-0.1, -0.05) is 41.9 Å². The third kappa shape index (κ3) is 5.36. The lowest BCUT2D eigenvalue weighted by Gasteiger charge is -2.11. The summed E-state index contributed by atoms with van der Waals surface area (Å²) in [7, 11) is 0. The zero-order valence-electron chi connectivity index (χ0n) is 14.3. The highest BCUT2D eigenvalue weighted by Crippen LogP contribution is 2.23. The predicted molar refractivity (Wildman–Crippen MR) is 103 cm³/mol. The second-order valence-corrected chi connectivity index (χ2v) is 7.82. The summed E-state index contributed by atoms with van der Waals surface area (Å²) < 4.78 is 0.529. The lowest BCUT2D eigenvalue weighted by atomic mass is 10.0. The Bertz CT molecular complexity index is 827. The van der Waals surface area contributed by atoms with Crippen LogP contribution in [0.2, 0.25) is 4.34 Å². The highest BCUT2D eigenvalue weighted by molar-refractivity contribution is 7.18. The second kappa shape index (κ2) is 9.09. The highest BCUT2D eigenvalue weighted by Gasteiger charge is 2.30. The number of hydrazine groups is 2. The zero-order valence-corrected chi connectivity index (χ0v) is 15.9. The smallest absolute Gasteiger partial charge is 0.256 e. The Morgan fingerprint density at radius 1 is 1.04 bits per heavy atom. The van der Waals surface area contributed by atoms with Crippen LogP contribution in [-0.4, -0.2) is 23.6 Å². The second-order valence-electron chi connectivity index (χ2n) is 6.10. The van der Waals surface area contributed by atoms with E-state index in [1.165, 1.54) is 11.3 Å². The quantitative estimate of drug-likeness (QED) is 0.435. The molecule has 9 heteroatoms. The van der Waals surface area contributed by atoms with Crippen LogP contribution in [-0.2, 0) is 9.59 Å². The average Bonchev–Trinajstić information content (AvgIpc) is 3.34. The van der Waals surface area contributed by atoms with Crippen molar-refractivity contribution in [2.24, 2.45) is 0 Å². The van der Waals surface area contributed by atoms with E-state index in [0.717, 1.165) is 5.56 Å². The van der Waals surface area contributed by atoms with Gasteiger partial charge in [0.05, 0.1) is 9.21 Å². The molecule has 27 heavy (non-hydrogen) atoms. The van der Waals surface area contributed by atoms with Crippen LogP contribution in [0.15, 0.2) is 42.5 Å². The summed E-state index contributed by atoms with van der Waals surface area (Å²) in [5.41, 5.74) is 11.8. The number of halogens is 1. The van der Waals surface area contributed by atoms with E-state index in [1.54, 1.807) is 12.1 Å². The number of Topliss-reactive ketones (excluding diaryl/α,β-unsaturated/α-hetero) is 1. The third-order valence-corrected chi connectivity index (χ3v) is 5.45. The van der Waals surface area contributed by atoms with E-state index in [1.807, 2.05) is 30.3 Å². The van der Waals surface area contributed by atoms with Crippen LogP contribution >= 0.6 is 22.9 Å². The molecule has 1 aliphatic rings. The fourth-order valence-corrected chi connectivity index (χ4v) is 3.74. The first-order chi connectivity index (χ1) is 13.0. The van der Waals surface area contributed by atoms with Crippen molar-refractivity contribution >= 4 is 40.5 Å². The Balaban J connectivity index is 1.39. The number of benzene rings is 1. The number of hydrogen-bond donors (Lipinski definition) is 4. The van der Waals surface area contributed by atoms with Crippen molar-refractivity contribution in [3.63, 3.8) is 0 Å². The Morgan fingerprint density at radius 2 is 1.81 bits per heavy atom. The lowest BCUT2D eigenvalue weighted by molar-refractivity contribution is -0.129. The van der Waals surface area contributed by atoms with Gasteiger partial charge < -0.3 is 0 Å². The molecule has 0 aliphatic carbocycles. The first-order valence-corrected chi connectivity index (χ1v) is 9.65. The third-order valence-electron chi connectivity index (χ3n) is 4.17. The number of hydrogen-bond acceptors (Lipinski definition) is 6. The summed E-state index contributed by atoms with van der Waals surface area (Å²) in [5.74, 6) is -0.920. The van der Waals surface area contributed by atoms with Crippen LogP contribution in [0, 0.1) is 0 Å². The van der Waals surface area contributed by atoms with Gasteiger partial charge in [-0.05, 0) is 24.1 Å². The van der Waals surface area contributed by atoms with Crippen LogP contribution in [0.25, 0.3) is 0 Å². The summed E-state index contributed by atoms with van der Waals surface area (Å²) in [6.07, 6.45) is 0.596. The molecule has 0 saturated carbocycles. The molecular formula is C18H19ClN4O3S. The van der Waals surface area contributed by atoms with Crippen molar-refractivity contribution in [1.82, 2.24) is 21.7 Å². The van der Waals surface area contributed by atoms with Crippen molar-refractivity contribution in [1.29, 1.82) is 0 Å². The molecule has 1 aromatic heterocycles. The molecule has 2 heterocycles. The van der Waals surface area contributed by atoms with E-state index in [9.17, 15) is 14.4 Å². The van der Waals surface area contributed by atoms with Crippen molar-refractivity contribution < 1.29 is 14.4 Å². The molecule has 142 valence electrons. The summed E-state index contributed by atoms with van der Waals surface area (Å²) in [5, 5.41) is 0. The van der Waals surface area contributed by atoms with Crippen LogP contribution in [0.4, 0.5) is 0 Å². The first kappa shape index (κ1) is 19.5. The maximum Gasteiger partial charge on any atom is 0.256 e. The average molecular weight is 407 g/mol. The SMILES string of the molecule is O=C(CCC(=O)c1ccc(Cl)s1)NNC(=O)C1CC(c2ccccc2)NN1. The Hall–Kier alpha value is -2.26. The van der Waals surface area contributed by atoms with E-state index in [0.29, 0.717) is 15.6 Å². The minimum atomic E-state index is -0.467. The molecule has 7 nitrogen and oxygen atoms in total. The number of carbonyl (C=O) groups is 3. The topological polar surface area (TPSA) is 99.3 Å². The number of amides is 2. The normalized spacial score (nSPS) is 18.9. The minimum absolute atomic E-state index is 0.0163. The Morgan fingerprint density at radius 3 is 2.52 bits per heavy atom. The van der Waals surface area contributed by atoms with Crippen LogP contribution in [0.5, 0.6) is 0 Å². The first-order valence-electron chi connectivity index (χ1n) is 8.46. The largest absolute Gasteiger partial charge is 0.293 e. The monoisotopic (exact) mass is 406 g/mol. The van der Waals surface area contributed by atoms with Crippen molar-refractivity contribution in [3.8, 4) is 0 Å². The van der Waals surface area contributed by atoms with Crippen molar-refractivity contribution in [3.05, 3.63) is 57.2 Å². The van der Waals surface area contributed by atoms with Gasteiger partial charge in [-0.15, -0.1) is 11.3 Å². The molecule has 0 spiro atoms. The Kier molecular flexibility index (Phi) is 6.57. The molecule has 2 unspecified atom stereocenters. The van der Waals surface area contributed by atoms with Gasteiger partial charge in [0.25, 0.3) is 5.91 Å². The number of nitrogens with one attached hydrogen (secondary N) is 4. The molecule has 1 fully saturated rings. The molecule has 1 aromatic carbocycles. The van der Waals surface area contributed by atoms with Gasteiger partial charge in [0.2, 0.25) is 5.91 Å². The van der Waals surface area contributed by atoms with Gasteiger partial charge in [0.1, 0.15) is 6.04 Å². The maximum absolute atomic E-state index is 12.2. The van der Waals surface area contributed by atoms with Crippen LogP contribution in [0.3, 0.4) is 0 Å². The summed E-state index contributed by atoms with van der Waals surface area (Å²) in [6.45, 7) is 0. The van der Waals surface area contributed by atoms with Gasteiger partial charge >= 0.3 is 0 Å². The fourth-order valence-electron chi connectivity index (χ4n) is 2.73. The number of rotatable bonds is 6. The number of ketones is 1. The van der Waals surface area contributed by atoms with Crippen LogP contribution in [0.1, 0.15) is 40.5 Å². The van der Waals surface area contributed by atoms with E-state index >= 15 is 0 Å². The molecule has 0 bridgehead atoms. The van der Waals surface area contributed by atoms with Crippen molar-refractivity contribution in [2.75, 3.05) is 0 Å². The van der Waals surface area contributed by atoms with E-state index < -0.39 is 11.9 Å². The highest BCUT2D eigenvalue weighted by atomic mass is 35.5. The zero-order chi connectivity index (χ0) is 19.2. The molecule has 1 saturated heterocycles. The predicted octanol–water partition coefficient (Wildman–Crippen LogP) is 2.12. The molecule has 2 atom stereocenters. The van der Waals surface area contributed by atoms with Gasteiger partial charge in [0, 0.05) is 18.9 Å². The van der Waals surface area contributed by atoms with E-state index in [4.69, 9.17) is 11.6 Å². The molecule has 1 aliphatic heterocycles. The van der Waals surface area contributed by atoms with Crippen LogP contribution < -0.4 is 21.7 Å². The maximum atomic E-state index is 12.2. The fraction of sp³-hybridized carbons (Fsp3) is 0.278.